The molecule has 1 heterocycles. The fourth-order valence-electron chi connectivity index (χ4n) is 2.49. The van der Waals surface area contributed by atoms with Gasteiger partial charge in [0.1, 0.15) is 17.6 Å². The molecular weight excluding hydrogens is 330 g/mol. The molecule has 0 bridgehead atoms. The van der Waals surface area contributed by atoms with E-state index in [0.29, 0.717) is 24.1 Å². The van der Waals surface area contributed by atoms with Crippen LogP contribution in [0.15, 0.2) is 59.0 Å². The van der Waals surface area contributed by atoms with Crippen molar-refractivity contribution in [3.05, 3.63) is 71.7 Å². The normalized spacial score (nSPS) is 10.2. The number of hydrogen-bond donors (Lipinski definition) is 0. The SMILES string of the molecule is COc1ccc(OCc2nc(C#N)c(N(C)Cc3ccccc3)o2)cc1. The Hall–Kier alpha value is -3.46. The number of anilines is 1. The Labute approximate surface area is 152 Å². The largest absolute Gasteiger partial charge is 0.497 e. The third-order valence-corrected chi connectivity index (χ3v) is 3.79. The monoisotopic (exact) mass is 349 g/mol. The van der Waals surface area contributed by atoms with Gasteiger partial charge in [-0.15, -0.1) is 0 Å². The predicted molar refractivity (Wildman–Crippen MR) is 97.1 cm³/mol. The van der Waals surface area contributed by atoms with Crippen LogP contribution < -0.4 is 14.4 Å². The fraction of sp³-hybridized carbons (Fsp3) is 0.200. The summed E-state index contributed by atoms with van der Waals surface area (Å²) >= 11 is 0. The summed E-state index contributed by atoms with van der Waals surface area (Å²) in [7, 11) is 3.47. The van der Waals surface area contributed by atoms with Crippen molar-refractivity contribution < 1.29 is 13.9 Å². The zero-order chi connectivity index (χ0) is 18.4. The molecule has 0 unspecified atom stereocenters. The molecule has 0 aliphatic rings. The van der Waals surface area contributed by atoms with E-state index in [2.05, 4.69) is 11.1 Å². The molecule has 0 atom stereocenters. The second-order valence-corrected chi connectivity index (χ2v) is 5.68. The van der Waals surface area contributed by atoms with Gasteiger partial charge in [-0.25, -0.2) is 0 Å². The number of nitriles is 1. The molecule has 0 N–H and O–H groups in total. The second-order valence-electron chi connectivity index (χ2n) is 5.68. The average Bonchev–Trinajstić information content (AvgIpc) is 3.11. The molecule has 0 saturated heterocycles. The van der Waals surface area contributed by atoms with Gasteiger partial charge in [-0.05, 0) is 29.8 Å². The van der Waals surface area contributed by atoms with Gasteiger partial charge in [-0.1, -0.05) is 30.3 Å². The lowest BCUT2D eigenvalue weighted by Crippen LogP contribution is -2.16. The first-order chi connectivity index (χ1) is 12.7. The first kappa shape index (κ1) is 17.4. The highest BCUT2D eigenvalue weighted by Crippen LogP contribution is 2.24. The Morgan fingerprint density at radius 1 is 1.08 bits per heavy atom. The first-order valence-electron chi connectivity index (χ1n) is 8.11. The molecule has 26 heavy (non-hydrogen) atoms. The molecular formula is C20H19N3O3. The van der Waals surface area contributed by atoms with Crippen LogP contribution in [0, 0.1) is 11.3 Å². The summed E-state index contributed by atoms with van der Waals surface area (Å²) in [5.41, 5.74) is 1.36. The molecule has 0 fully saturated rings. The van der Waals surface area contributed by atoms with Gasteiger partial charge in [-0.3, -0.25) is 0 Å². The Bertz CT molecular complexity index is 883. The van der Waals surface area contributed by atoms with Gasteiger partial charge in [0.15, 0.2) is 6.61 Å². The second kappa shape index (κ2) is 8.08. The van der Waals surface area contributed by atoms with Gasteiger partial charge >= 0.3 is 0 Å². The zero-order valence-electron chi connectivity index (χ0n) is 14.7. The maximum absolute atomic E-state index is 9.34. The molecule has 1 aromatic heterocycles. The molecule has 3 rings (SSSR count). The zero-order valence-corrected chi connectivity index (χ0v) is 14.7. The summed E-state index contributed by atoms with van der Waals surface area (Å²) in [5.74, 6) is 2.21. The molecule has 0 amide bonds. The number of aromatic nitrogens is 1. The van der Waals surface area contributed by atoms with Crippen LogP contribution in [0.3, 0.4) is 0 Å². The predicted octanol–water partition coefficient (Wildman–Crippen LogP) is 3.77. The molecule has 132 valence electrons. The Balaban J connectivity index is 1.68. The minimum Gasteiger partial charge on any atom is -0.497 e. The van der Waals surface area contributed by atoms with E-state index in [-0.39, 0.29) is 12.3 Å². The lowest BCUT2D eigenvalue weighted by molar-refractivity contribution is 0.263. The van der Waals surface area contributed by atoms with Crippen molar-refractivity contribution in [1.82, 2.24) is 4.98 Å². The molecule has 6 heteroatoms. The molecule has 0 aliphatic heterocycles. The topological polar surface area (TPSA) is 71.5 Å². The van der Waals surface area contributed by atoms with Crippen LogP contribution in [0.25, 0.3) is 0 Å². The average molecular weight is 349 g/mol. The van der Waals surface area contributed by atoms with Crippen molar-refractivity contribution in [2.45, 2.75) is 13.2 Å². The Morgan fingerprint density at radius 2 is 1.77 bits per heavy atom. The molecule has 0 aliphatic carbocycles. The van der Waals surface area contributed by atoms with E-state index in [0.717, 1.165) is 11.3 Å². The molecule has 3 aromatic rings. The van der Waals surface area contributed by atoms with Crippen LogP contribution in [0.1, 0.15) is 17.1 Å². The molecule has 0 radical (unpaired) electrons. The van der Waals surface area contributed by atoms with E-state index < -0.39 is 0 Å². The minimum absolute atomic E-state index is 0.139. The summed E-state index contributed by atoms with van der Waals surface area (Å²) in [4.78, 5) is 6.08. The summed E-state index contributed by atoms with van der Waals surface area (Å²) < 4.78 is 16.5. The van der Waals surface area contributed by atoms with Gasteiger partial charge in [0.2, 0.25) is 17.5 Å². The highest BCUT2D eigenvalue weighted by molar-refractivity contribution is 5.47. The van der Waals surface area contributed by atoms with E-state index in [9.17, 15) is 5.26 Å². The van der Waals surface area contributed by atoms with Gasteiger partial charge in [-0.2, -0.15) is 10.2 Å². The van der Waals surface area contributed by atoms with E-state index in [1.54, 1.807) is 19.2 Å². The van der Waals surface area contributed by atoms with Crippen molar-refractivity contribution in [2.75, 3.05) is 19.1 Å². The van der Waals surface area contributed by atoms with Gasteiger partial charge in [0.05, 0.1) is 7.11 Å². The number of oxazole rings is 1. The lowest BCUT2D eigenvalue weighted by atomic mass is 10.2. The third kappa shape index (κ3) is 4.14. The molecule has 2 aromatic carbocycles. The van der Waals surface area contributed by atoms with Crippen LogP contribution in [-0.2, 0) is 13.2 Å². The van der Waals surface area contributed by atoms with Crippen LogP contribution in [0.2, 0.25) is 0 Å². The maximum Gasteiger partial charge on any atom is 0.236 e. The van der Waals surface area contributed by atoms with Crippen LogP contribution in [0.4, 0.5) is 5.88 Å². The van der Waals surface area contributed by atoms with Crippen molar-refractivity contribution in [3.8, 4) is 17.6 Å². The fourth-order valence-corrected chi connectivity index (χ4v) is 2.49. The number of benzene rings is 2. The number of hydrogen-bond acceptors (Lipinski definition) is 6. The smallest absolute Gasteiger partial charge is 0.236 e. The summed E-state index contributed by atoms with van der Waals surface area (Å²) in [6.07, 6.45) is 0. The number of rotatable bonds is 7. The van der Waals surface area contributed by atoms with Crippen LogP contribution in [0.5, 0.6) is 11.5 Å². The van der Waals surface area contributed by atoms with E-state index in [1.807, 2.05) is 54.4 Å². The van der Waals surface area contributed by atoms with Crippen molar-refractivity contribution >= 4 is 5.88 Å². The Kier molecular flexibility index (Phi) is 5.40. The third-order valence-electron chi connectivity index (χ3n) is 3.79. The molecule has 6 nitrogen and oxygen atoms in total. The maximum atomic E-state index is 9.34. The van der Waals surface area contributed by atoms with Crippen molar-refractivity contribution in [1.29, 1.82) is 5.26 Å². The molecule has 0 spiro atoms. The number of nitrogens with zero attached hydrogens (tertiary/aromatic N) is 3. The van der Waals surface area contributed by atoms with Crippen LogP contribution in [-0.4, -0.2) is 19.1 Å². The standard InChI is InChI=1S/C20H19N3O3/c1-23(13-15-6-4-3-5-7-15)20-18(12-21)22-19(26-20)14-25-17-10-8-16(24-2)9-11-17/h3-11H,13-14H2,1-2H3. The van der Waals surface area contributed by atoms with Crippen molar-refractivity contribution in [2.24, 2.45) is 0 Å². The minimum atomic E-state index is 0.139. The van der Waals surface area contributed by atoms with Crippen LogP contribution >= 0.6 is 0 Å². The lowest BCUT2D eigenvalue weighted by Gasteiger charge is -2.15. The molecule has 0 saturated carbocycles. The highest BCUT2D eigenvalue weighted by atomic mass is 16.5. The van der Waals surface area contributed by atoms with Gasteiger partial charge < -0.3 is 18.8 Å². The van der Waals surface area contributed by atoms with Crippen molar-refractivity contribution in [3.63, 3.8) is 0 Å². The summed E-state index contributed by atoms with van der Waals surface area (Å²) in [6, 6.07) is 19.3. The quantitative estimate of drug-likeness (QED) is 0.646. The van der Waals surface area contributed by atoms with E-state index >= 15 is 0 Å². The first-order valence-corrected chi connectivity index (χ1v) is 8.11. The Morgan fingerprint density at radius 3 is 2.42 bits per heavy atom. The highest BCUT2D eigenvalue weighted by Gasteiger charge is 2.17. The number of ether oxygens (including phenoxy) is 2. The summed E-state index contributed by atoms with van der Waals surface area (Å²) in [5, 5.41) is 9.34. The van der Waals surface area contributed by atoms with Gasteiger partial charge in [0, 0.05) is 13.6 Å². The van der Waals surface area contributed by atoms with E-state index in [4.69, 9.17) is 13.9 Å². The summed E-state index contributed by atoms with van der Waals surface area (Å²) in [6.45, 7) is 0.754. The number of methoxy groups -OCH3 is 1. The van der Waals surface area contributed by atoms with E-state index in [1.165, 1.54) is 0 Å². The van der Waals surface area contributed by atoms with Gasteiger partial charge in [0.25, 0.3) is 0 Å².